The highest BCUT2D eigenvalue weighted by atomic mass is 16.5. The van der Waals surface area contributed by atoms with Crippen LogP contribution in [-0.2, 0) is 16.0 Å². The van der Waals surface area contributed by atoms with Crippen molar-refractivity contribution in [2.24, 2.45) is 0 Å². The molecule has 1 aliphatic rings. The minimum absolute atomic E-state index is 0.0744. The average molecular weight is 572 g/mol. The maximum atomic E-state index is 13.1. The lowest BCUT2D eigenvalue weighted by Crippen LogP contribution is -2.36. The lowest BCUT2D eigenvalue weighted by molar-refractivity contribution is -0.115. The van der Waals surface area contributed by atoms with Gasteiger partial charge in [0.05, 0.1) is 47.2 Å². The van der Waals surface area contributed by atoms with E-state index in [1.54, 1.807) is 63.8 Å². The number of rotatable bonds is 11. The summed E-state index contributed by atoms with van der Waals surface area (Å²) in [6.07, 6.45) is 1.59. The third-order valence-electron chi connectivity index (χ3n) is 6.58. The van der Waals surface area contributed by atoms with Gasteiger partial charge in [0.25, 0.3) is 0 Å². The quantitative estimate of drug-likeness (QED) is 0.253. The van der Waals surface area contributed by atoms with E-state index in [0.717, 1.165) is 43.2 Å². The number of hydrogen-bond donors (Lipinski definition) is 2. The Morgan fingerprint density at radius 2 is 1.50 bits per heavy atom. The number of methoxy groups -OCH3 is 3. The first kappa shape index (κ1) is 28.5. The normalized spacial score (nSPS) is 12.8. The maximum Gasteiger partial charge on any atom is 0.248 e. The number of nitrogens with zero attached hydrogens (tertiary/aromatic N) is 3. The second-order valence-corrected chi connectivity index (χ2v) is 9.41. The van der Waals surface area contributed by atoms with Crippen molar-refractivity contribution in [1.29, 1.82) is 0 Å². The highest BCUT2D eigenvalue weighted by Crippen LogP contribution is 2.31. The molecule has 3 aromatic carbocycles. The van der Waals surface area contributed by atoms with Crippen molar-refractivity contribution < 1.29 is 28.5 Å². The number of morpholine rings is 1. The highest BCUT2D eigenvalue weighted by Gasteiger charge is 2.16. The van der Waals surface area contributed by atoms with Crippen LogP contribution in [0.4, 0.5) is 23.0 Å². The summed E-state index contributed by atoms with van der Waals surface area (Å²) < 4.78 is 27.4. The van der Waals surface area contributed by atoms with Crippen LogP contribution in [-0.4, -0.2) is 63.5 Å². The van der Waals surface area contributed by atoms with E-state index in [9.17, 15) is 4.79 Å². The van der Waals surface area contributed by atoms with E-state index in [2.05, 4.69) is 25.5 Å². The number of nitrogens with one attached hydrogen (secondary N) is 2. The molecule has 4 aromatic rings. The Morgan fingerprint density at radius 1 is 0.857 bits per heavy atom. The van der Waals surface area contributed by atoms with E-state index in [0.29, 0.717) is 34.6 Å². The Kier molecular flexibility index (Phi) is 9.20. The maximum absolute atomic E-state index is 13.1. The van der Waals surface area contributed by atoms with Gasteiger partial charge in [0.1, 0.15) is 28.7 Å². The number of hydrogen-bond acceptors (Lipinski definition) is 10. The molecule has 1 aliphatic heterocycles. The smallest absolute Gasteiger partial charge is 0.248 e. The number of carbonyl (C=O) groups excluding carboxylic acids is 1. The van der Waals surface area contributed by atoms with Crippen LogP contribution >= 0.6 is 0 Å². The van der Waals surface area contributed by atoms with Crippen molar-refractivity contribution in [3.05, 3.63) is 78.5 Å². The SMILES string of the molecule is COc1ccc(Oc2nc(Nc3ccc(N4CCOCC4)cc3)ncc2NC(=O)Cc2cc(OC)cc(OC)c2)cc1. The minimum atomic E-state index is -0.284. The fourth-order valence-electron chi connectivity index (χ4n) is 4.40. The van der Waals surface area contributed by atoms with Gasteiger partial charge in [0.2, 0.25) is 17.7 Å². The lowest BCUT2D eigenvalue weighted by Gasteiger charge is -2.28. The van der Waals surface area contributed by atoms with Crippen LogP contribution in [0.15, 0.2) is 72.9 Å². The molecule has 1 aromatic heterocycles. The third-order valence-corrected chi connectivity index (χ3v) is 6.58. The van der Waals surface area contributed by atoms with Crippen LogP contribution in [0.2, 0.25) is 0 Å². The van der Waals surface area contributed by atoms with Gasteiger partial charge in [-0.1, -0.05) is 0 Å². The number of ether oxygens (including phenoxy) is 5. The van der Waals surface area contributed by atoms with Crippen molar-refractivity contribution in [2.45, 2.75) is 6.42 Å². The molecule has 0 radical (unpaired) electrons. The monoisotopic (exact) mass is 571 g/mol. The number of carbonyl (C=O) groups is 1. The second kappa shape index (κ2) is 13.6. The van der Waals surface area contributed by atoms with Gasteiger partial charge in [-0.05, 0) is 66.2 Å². The number of anilines is 4. The summed E-state index contributed by atoms with van der Waals surface area (Å²) >= 11 is 0. The van der Waals surface area contributed by atoms with Crippen molar-refractivity contribution >= 4 is 28.9 Å². The summed E-state index contributed by atoms with van der Waals surface area (Å²) in [5.41, 5.74) is 2.98. The second-order valence-electron chi connectivity index (χ2n) is 9.41. The van der Waals surface area contributed by atoms with Gasteiger partial charge in [-0.2, -0.15) is 4.98 Å². The standard InChI is InChI=1S/C31H33N5O6/c1-38-24-8-10-25(11-9-24)42-30-28(34-29(37)18-21-16-26(39-2)19-27(17-21)40-3)20-32-31(35-30)33-22-4-6-23(7-5-22)36-12-14-41-15-13-36/h4-11,16-17,19-20H,12-15,18H2,1-3H3,(H,34,37)(H,32,33,35). The minimum Gasteiger partial charge on any atom is -0.497 e. The molecule has 0 atom stereocenters. The summed E-state index contributed by atoms with van der Waals surface area (Å²) in [5.74, 6) is 2.61. The van der Waals surface area contributed by atoms with Gasteiger partial charge in [-0.15, -0.1) is 0 Å². The first-order chi connectivity index (χ1) is 20.5. The predicted molar refractivity (Wildman–Crippen MR) is 160 cm³/mol. The molecule has 11 heteroatoms. The van der Waals surface area contributed by atoms with Crippen LogP contribution in [0.5, 0.6) is 28.9 Å². The molecular formula is C31H33N5O6. The number of amides is 1. The molecule has 42 heavy (non-hydrogen) atoms. The Balaban J connectivity index is 1.35. The first-order valence-corrected chi connectivity index (χ1v) is 13.4. The molecule has 218 valence electrons. The molecule has 0 bridgehead atoms. The molecule has 2 N–H and O–H groups in total. The molecule has 11 nitrogen and oxygen atoms in total. The zero-order valence-electron chi connectivity index (χ0n) is 23.8. The number of aromatic nitrogens is 2. The molecule has 0 spiro atoms. The summed E-state index contributed by atoms with van der Waals surface area (Å²) in [4.78, 5) is 24.3. The molecule has 0 saturated carbocycles. The molecule has 2 heterocycles. The topological polar surface area (TPSA) is 116 Å². The molecule has 5 rings (SSSR count). The van der Waals surface area contributed by atoms with Gasteiger partial charge in [0.15, 0.2) is 0 Å². The van der Waals surface area contributed by atoms with Crippen LogP contribution in [0.1, 0.15) is 5.56 Å². The largest absolute Gasteiger partial charge is 0.497 e. The molecule has 1 amide bonds. The van der Waals surface area contributed by atoms with E-state index < -0.39 is 0 Å². The predicted octanol–water partition coefficient (Wildman–Crippen LogP) is 5.06. The Hall–Kier alpha value is -5.03. The van der Waals surface area contributed by atoms with Crippen molar-refractivity contribution in [3.8, 4) is 28.9 Å². The molecule has 0 aliphatic carbocycles. The number of benzene rings is 3. The van der Waals surface area contributed by atoms with Crippen molar-refractivity contribution in [2.75, 3.05) is 63.2 Å². The molecule has 1 saturated heterocycles. The van der Waals surface area contributed by atoms with Gasteiger partial charge in [-0.3, -0.25) is 4.79 Å². The van der Waals surface area contributed by atoms with Gasteiger partial charge >= 0.3 is 0 Å². The molecule has 0 unspecified atom stereocenters. The van der Waals surface area contributed by atoms with Crippen LogP contribution in [0, 0.1) is 0 Å². The van der Waals surface area contributed by atoms with E-state index >= 15 is 0 Å². The zero-order chi connectivity index (χ0) is 29.3. The molecular weight excluding hydrogens is 538 g/mol. The third kappa shape index (κ3) is 7.38. The fourth-order valence-corrected chi connectivity index (χ4v) is 4.40. The Bertz CT molecular complexity index is 1470. The first-order valence-electron chi connectivity index (χ1n) is 13.4. The summed E-state index contributed by atoms with van der Waals surface area (Å²) in [6.45, 7) is 3.17. The summed E-state index contributed by atoms with van der Waals surface area (Å²) in [6, 6.07) is 20.4. The lowest BCUT2D eigenvalue weighted by atomic mass is 10.1. The van der Waals surface area contributed by atoms with Crippen LogP contribution < -0.4 is 34.5 Å². The summed E-state index contributed by atoms with van der Waals surface area (Å²) in [7, 11) is 4.72. The highest BCUT2D eigenvalue weighted by molar-refractivity contribution is 5.93. The Labute approximate surface area is 244 Å². The van der Waals surface area contributed by atoms with E-state index in [1.807, 2.05) is 24.3 Å². The summed E-state index contributed by atoms with van der Waals surface area (Å²) in [5, 5.41) is 6.09. The van der Waals surface area contributed by atoms with Gasteiger partial charge in [0, 0.05) is 30.5 Å². The van der Waals surface area contributed by atoms with E-state index in [1.165, 1.54) is 6.20 Å². The van der Waals surface area contributed by atoms with Gasteiger partial charge < -0.3 is 39.2 Å². The van der Waals surface area contributed by atoms with Crippen molar-refractivity contribution in [3.63, 3.8) is 0 Å². The van der Waals surface area contributed by atoms with Crippen molar-refractivity contribution in [1.82, 2.24) is 9.97 Å². The average Bonchev–Trinajstić information content (AvgIpc) is 3.03. The van der Waals surface area contributed by atoms with Crippen LogP contribution in [0.3, 0.4) is 0 Å². The fraction of sp³-hybridized carbons (Fsp3) is 0.258. The zero-order valence-corrected chi connectivity index (χ0v) is 23.8. The molecule has 1 fully saturated rings. The van der Waals surface area contributed by atoms with Gasteiger partial charge in [-0.25, -0.2) is 4.98 Å². The van der Waals surface area contributed by atoms with E-state index in [-0.39, 0.29) is 18.2 Å². The van der Waals surface area contributed by atoms with E-state index in [4.69, 9.17) is 23.7 Å². The Morgan fingerprint density at radius 3 is 2.14 bits per heavy atom. The van der Waals surface area contributed by atoms with Crippen LogP contribution in [0.25, 0.3) is 0 Å².